The van der Waals surface area contributed by atoms with Gasteiger partial charge in [-0.1, -0.05) is 36.4 Å². The van der Waals surface area contributed by atoms with Gasteiger partial charge in [-0.25, -0.2) is 9.78 Å². The van der Waals surface area contributed by atoms with Crippen LogP contribution in [0.4, 0.5) is 0 Å². The van der Waals surface area contributed by atoms with Crippen molar-refractivity contribution in [3.63, 3.8) is 0 Å². The van der Waals surface area contributed by atoms with Crippen LogP contribution in [-0.2, 0) is 25.4 Å². The molecule has 6 nitrogen and oxygen atoms in total. The first-order valence-corrected chi connectivity index (χ1v) is 10.8. The average Bonchev–Trinajstić information content (AvgIpc) is 3.43. The maximum Gasteiger partial charge on any atom is 0.356 e. The van der Waals surface area contributed by atoms with Crippen molar-refractivity contribution < 1.29 is 9.53 Å². The third-order valence-corrected chi connectivity index (χ3v) is 6.90. The molecule has 3 aromatic heterocycles. The minimum atomic E-state index is -0.347. The maximum atomic E-state index is 12.7. The molecule has 2 aromatic carbocycles. The Hall–Kier alpha value is -3.80. The smallest absolute Gasteiger partial charge is 0.356 e. The van der Waals surface area contributed by atoms with Gasteiger partial charge in [-0.15, -0.1) is 0 Å². The van der Waals surface area contributed by atoms with E-state index < -0.39 is 0 Å². The van der Waals surface area contributed by atoms with Gasteiger partial charge < -0.3 is 18.4 Å². The molecule has 1 aliphatic rings. The highest BCUT2D eigenvalue weighted by atomic mass is 16.5. The number of methoxy groups -OCH3 is 1. The molecule has 0 N–H and O–H groups in total. The van der Waals surface area contributed by atoms with Crippen LogP contribution >= 0.6 is 0 Å². The van der Waals surface area contributed by atoms with Crippen molar-refractivity contribution in [1.82, 2.24) is 18.7 Å². The number of fused-ring (bicyclic) bond motifs is 6. The van der Waals surface area contributed by atoms with Gasteiger partial charge in [-0.05, 0) is 30.2 Å². The molecule has 0 amide bonds. The van der Waals surface area contributed by atoms with Crippen molar-refractivity contribution in [2.24, 2.45) is 14.1 Å². The van der Waals surface area contributed by atoms with Crippen molar-refractivity contribution in [2.75, 3.05) is 7.11 Å². The largest absolute Gasteiger partial charge is 0.464 e. The van der Waals surface area contributed by atoms with Gasteiger partial charge in [-0.3, -0.25) is 0 Å². The Morgan fingerprint density at radius 1 is 1.03 bits per heavy atom. The number of carbonyl (C=O) groups is 1. The van der Waals surface area contributed by atoms with Crippen molar-refractivity contribution in [3.05, 3.63) is 77.2 Å². The Kier molecular flexibility index (Phi) is 3.90. The number of rotatable bonds is 2. The van der Waals surface area contributed by atoms with E-state index in [1.165, 1.54) is 34.5 Å². The Balaban J connectivity index is 1.73. The van der Waals surface area contributed by atoms with Crippen LogP contribution in [0.2, 0.25) is 0 Å². The molecule has 0 bridgehead atoms. The summed E-state index contributed by atoms with van der Waals surface area (Å²) in [6, 6.07) is 17.0. The molecule has 0 spiro atoms. The highest BCUT2D eigenvalue weighted by molar-refractivity contribution is 5.96. The summed E-state index contributed by atoms with van der Waals surface area (Å²) in [6.45, 7) is 2.52. The average molecular weight is 425 g/mol. The zero-order chi connectivity index (χ0) is 22.1. The van der Waals surface area contributed by atoms with Gasteiger partial charge in [0.2, 0.25) is 0 Å². The summed E-state index contributed by atoms with van der Waals surface area (Å²) in [7, 11) is 5.60. The summed E-state index contributed by atoms with van der Waals surface area (Å²) >= 11 is 0. The first kappa shape index (κ1) is 18.9. The molecule has 0 radical (unpaired) electrons. The van der Waals surface area contributed by atoms with E-state index in [1.54, 1.807) is 0 Å². The number of esters is 1. The molecular formula is C26H24N4O2. The highest BCUT2D eigenvalue weighted by Crippen LogP contribution is 2.47. The molecule has 1 aliphatic heterocycles. The van der Waals surface area contributed by atoms with E-state index in [4.69, 9.17) is 9.72 Å². The number of para-hydroxylation sites is 2. The predicted octanol–water partition coefficient (Wildman–Crippen LogP) is 4.77. The molecule has 32 heavy (non-hydrogen) atoms. The quantitative estimate of drug-likeness (QED) is 0.384. The van der Waals surface area contributed by atoms with Crippen molar-refractivity contribution in [3.8, 4) is 11.5 Å². The molecule has 1 unspecified atom stereocenters. The number of benzene rings is 2. The summed E-state index contributed by atoms with van der Waals surface area (Å²) in [5, 5.41) is 2.47. The number of hydrogen-bond donors (Lipinski definition) is 0. The summed E-state index contributed by atoms with van der Waals surface area (Å²) < 4.78 is 11.6. The number of nitrogens with zero attached hydrogens (tertiary/aromatic N) is 4. The van der Waals surface area contributed by atoms with Crippen molar-refractivity contribution in [1.29, 1.82) is 0 Å². The van der Waals surface area contributed by atoms with E-state index in [0.29, 0.717) is 17.9 Å². The van der Waals surface area contributed by atoms with Gasteiger partial charge in [0, 0.05) is 54.6 Å². The van der Waals surface area contributed by atoms with Crippen LogP contribution in [0, 0.1) is 6.92 Å². The standard InChI is InChI=1S/C26H24N4O2/c1-15-23(26(31)32-4)30-14-19(18-13-28(2)20-11-7-5-9-16(18)20)22-17-10-6-8-12-21(17)29(3)24(22)25(30)27-15/h5-13,19H,14H2,1-4H3. The summed E-state index contributed by atoms with van der Waals surface area (Å²) in [4.78, 5) is 17.6. The molecule has 160 valence electrons. The topological polar surface area (TPSA) is 54.0 Å². The monoisotopic (exact) mass is 424 g/mol. The van der Waals surface area contributed by atoms with Crippen LogP contribution in [0.25, 0.3) is 33.3 Å². The van der Waals surface area contributed by atoms with Crippen LogP contribution in [0.15, 0.2) is 54.7 Å². The molecule has 0 aliphatic carbocycles. The SMILES string of the molecule is COC(=O)c1c(C)nc2n1CC(c1cn(C)c3ccccc13)c1c-2n(C)c2ccccc12. The van der Waals surface area contributed by atoms with Gasteiger partial charge in [-0.2, -0.15) is 0 Å². The molecule has 1 atom stereocenters. The van der Waals surface area contributed by atoms with E-state index in [-0.39, 0.29) is 11.9 Å². The third-order valence-electron chi connectivity index (χ3n) is 6.90. The fourth-order valence-corrected chi connectivity index (χ4v) is 5.51. The Morgan fingerprint density at radius 2 is 1.72 bits per heavy atom. The molecule has 6 rings (SSSR count). The molecule has 0 saturated carbocycles. The molecule has 4 heterocycles. The number of carbonyl (C=O) groups excluding carboxylic acids is 1. The summed E-state index contributed by atoms with van der Waals surface area (Å²) in [5.74, 6) is 0.555. The third kappa shape index (κ3) is 2.35. The second kappa shape index (κ2) is 6.60. The Labute approximate surface area is 185 Å². The second-order valence-corrected chi connectivity index (χ2v) is 8.58. The normalized spacial score (nSPS) is 15.2. The summed E-state index contributed by atoms with van der Waals surface area (Å²) in [5.41, 5.74) is 7.18. The highest BCUT2D eigenvalue weighted by Gasteiger charge is 2.37. The van der Waals surface area contributed by atoms with Crippen LogP contribution in [0.1, 0.15) is 33.2 Å². The van der Waals surface area contributed by atoms with Gasteiger partial charge >= 0.3 is 5.97 Å². The van der Waals surface area contributed by atoms with Gasteiger partial charge in [0.1, 0.15) is 0 Å². The van der Waals surface area contributed by atoms with E-state index in [0.717, 1.165) is 17.0 Å². The van der Waals surface area contributed by atoms with E-state index in [2.05, 4.69) is 82.5 Å². The minimum Gasteiger partial charge on any atom is -0.464 e. The molecule has 0 fully saturated rings. The fourth-order valence-electron chi connectivity index (χ4n) is 5.51. The van der Waals surface area contributed by atoms with Gasteiger partial charge in [0.15, 0.2) is 11.5 Å². The lowest BCUT2D eigenvalue weighted by Crippen LogP contribution is -2.22. The van der Waals surface area contributed by atoms with Crippen molar-refractivity contribution in [2.45, 2.75) is 19.4 Å². The van der Waals surface area contributed by atoms with Gasteiger partial charge in [0.25, 0.3) is 0 Å². The first-order valence-electron chi connectivity index (χ1n) is 10.8. The fraction of sp³-hybridized carbons (Fsp3) is 0.231. The number of aromatic nitrogens is 4. The zero-order valence-electron chi connectivity index (χ0n) is 18.6. The van der Waals surface area contributed by atoms with E-state index in [1.807, 2.05) is 6.92 Å². The predicted molar refractivity (Wildman–Crippen MR) is 125 cm³/mol. The lowest BCUT2D eigenvalue weighted by Gasteiger charge is -2.26. The van der Waals surface area contributed by atoms with E-state index in [9.17, 15) is 4.79 Å². The van der Waals surface area contributed by atoms with E-state index >= 15 is 0 Å². The molecule has 0 saturated heterocycles. The van der Waals surface area contributed by atoms with Crippen molar-refractivity contribution >= 4 is 27.8 Å². The lowest BCUT2D eigenvalue weighted by atomic mass is 9.86. The number of imidazole rings is 1. The maximum absolute atomic E-state index is 12.7. The van der Waals surface area contributed by atoms with Crippen LogP contribution in [-0.4, -0.2) is 31.8 Å². The number of hydrogen-bond acceptors (Lipinski definition) is 3. The first-order chi connectivity index (χ1) is 15.5. The Bertz CT molecular complexity index is 1550. The number of aryl methyl sites for hydroxylation is 3. The molecule has 6 heteroatoms. The summed E-state index contributed by atoms with van der Waals surface area (Å²) in [6.07, 6.45) is 2.23. The number of ether oxygens (including phenoxy) is 1. The molecular weight excluding hydrogens is 400 g/mol. The second-order valence-electron chi connectivity index (χ2n) is 8.58. The van der Waals surface area contributed by atoms with Crippen LogP contribution in [0.3, 0.4) is 0 Å². The Morgan fingerprint density at radius 3 is 2.47 bits per heavy atom. The van der Waals surface area contributed by atoms with Crippen LogP contribution in [0.5, 0.6) is 0 Å². The lowest BCUT2D eigenvalue weighted by molar-refractivity contribution is 0.0587. The zero-order valence-corrected chi connectivity index (χ0v) is 18.6. The minimum absolute atomic E-state index is 0.0757. The molecule has 5 aromatic rings. The van der Waals surface area contributed by atoms with Crippen LogP contribution < -0.4 is 0 Å². The van der Waals surface area contributed by atoms with Gasteiger partial charge in [0.05, 0.1) is 18.5 Å².